The quantitative estimate of drug-likeness (QED) is 0.720. The van der Waals surface area contributed by atoms with Crippen LogP contribution in [-0.2, 0) is 4.79 Å². The van der Waals surface area contributed by atoms with Crippen LogP contribution in [0.1, 0.15) is 17.3 Å². The molecule has 3 aromatic rings. The highest BCUT2D eigenvalue weighted by molar-refractivity contribution is 5.96. The summed E-state index contributed by atoms with van der Waals surface area (Å²) in [7, 11) is 0. The van der Waals surface area contributed by atoms with Crippen LogP contribution in [0.15, 0.2) is 72.8 Å². The van der Waals surface area contributed by atoms with Crippen LogP contribution in [0.25, 0.3) is 10.8 Å². The number of hydrogen-bond donors (Lipinski definition) is 2. The van der Waals surface area contributed by atoms with Crippen molar-refractivity contribution in [1.82, 2.24) is 4.90 Å². The van der Waals surface area contributed by atoms with Gasteiger partial charge in [-0.2, -0.15) is 0 Å². The molecule has 0 unspecified atom stereocenters. The fourth-order valence-corrected chi connectivity index (χ4v) is 3.90. The van der Waals surface area contributed by atoms with Crippen molar-refractivity contribution in [3.63, 3.8) is 0 Å². The van der Waals surface area contributed by atoms with Gasteiger partial charge in [0.05, 0.1) is 26.2 Å². The summed E-state index contributed by atoms with van der Waals surface area (Å²) in [6.45, 7) is 4.82. The molecule has 29 heavy (non-hydrogen) atoms. The summed E-state index contributed by atoms with van der Waals surface area (Å²) < 4.78 is 0. The van der Waals surface area contributed by atoms with Gasteiger partial charge in [0.1, 0.15) is 0 Å². The van der Waals surface area contributed by atoms with E-state index in [1.54, 1.807) is 0 Å². The first kappa shape index (κ1) is 19.2. The normalized spacial score (nSPS) is 15.8. The van der Waals surface area contributed by atoms with Crippen LogP contribution in [0.2, 0.25) is 0 Å². The maximum atomic E-state index is 12.8. The molecule has 3 aromatic carbocycles. The minimum Gasteiger partial charge on any atom is -0.327 e. The topological polar surface area (TPSA) is 53.9 Å². The number of rotatable bonds is 4. The molecule has 1 atom stereocenters. The van der Waals surface area contributed by atoms with Crippen molar-refractivity contribution >= 4 is 28.3 Å². The maximum absolute atomic E-state index is 12.8. The molecule has 0 aromatic heterocycles. The van der Waals surface area contributed by atoms with Crippen LogP contribution in [0, 0.1) is 0 Å². The lowest BCUT2D eigenvalue weighted by molar-refractivity contribution is -0.917. The van der Waals surface area contributed by atoms with E-state index < -0.39 is 0 Å². The molecule has 0 spiro atoms. The Morgan fingerprint density at radius 3 is 2.28 bits per heavy atom. The van der Waals surface area contributed by atoms with Crippen LogP contribution in [0.4, 0.5) is 5.69 Å². The molecule has 2 N–H and O–H groups in total. The number of piperazine rings is 1. The summed E-state index contributed by atoms with van der Waals surface area (Å²) in [5.74, 6) is 0.0797. The van der Waals surface area contributed by atoms with Crippen LogP contribution >= 0.6 is 0 Å². The molecule has 0 saturated carbocycles. The molecule has 148 valence electrons. The zero-order valence-electron chi connectivity index (χ0n) is 16.6. The Hall–Kier alpha value is -3.18. The number of fused-ring (bicyclic) bond motifs is 1. The van der Waals surface area contributed by atoms with Crippen molar-refractivity contribution in [3.05, 3.63) is 78.4 Å². The Kier molecular flexibility index (Phi) is 5.58. The number of carbonyl (C=O) groups is 2. The lowest BCUT2D eigenvalue weighted by Gasteiger charge is -2.34. The van der Waals surface area contributed by atoms with E-state index in [4.69, 9.17) is 0 Å². The van der Waals surface area contributed by atoms with E-state index >= 15 is 0 Å². The number of nitrogens with zero attached hydrogens (tertiary/aromatic N) is 1. The van der Waals surface area contributed by atoms with Crippen molar-refractivity contribution in [2.45, 2.75) is 13.0 Å². The summed E-state index contributed by atoms with van der Waals surface area (Å²) >= 11 is 0. The van der Waals surface area contributed by atoms with Crippen LogP contribution < -0.4 is 10.2 Å². The van der Waals surface area contributed by atoms with Gasteiger partial charge >= 0.3 is 0 Å². The van der Waals surface area contributed by atoms with Crippen molar-refractivity contribution < 1.29 is 14.5 Å². The lowest BCUT2D eigenvalue weighted by atomic mass is 10.1. The average molecular weight is 388 g/mol. The third-order valence-electron chi connectivity index (χ3n) is 5.74. The van der Waals surface area contributed by atoms with E-state index in [-0.39, 0.29) is 17.9 Å². The molecule has 0 bridgehead atoms. The molecule has 4 rings (SSSR count). The molecule has 5 nitrogen and oxygen atoms in total. The number of nitrogens with one attached hydrogen (secondary N) is 2. The summed E-state index contributed by atoms with van der Waals surface area (Å²) in [5, 5.41) is 5.32. The largest absolute Gasteiger partial charge is 0.327 e. The van der Waals surface area contributed by atoms with Gasteiger partial charge in [0.2, 0.25) is 0 Å². The molecule has 0 aliphatic carbocycles. The fraction of sp³-hybridized carbons (Fsp3) is 0.250. The van der Waals surface area contributed by atoms with Crippen LogP contribution in [0.3, 0.4) is 0 Å². The Morgan fingerprint density at radius 1 is 0.897 bits per heavy atom. The second kappa shape index (κ2) is 8.45. The highest BCUT2D eigenvalue weighted by atomic mass is 16.2. The molecule has 2 amide bonds. The number of amides is 2. The molecule has 1 aliphatic rings. The van der Waals surface area contributed by atoms with Crippen molar-refractivity contribution in [3.8, 4) is 0 Å². The number of hydrogen-bond acceptors (Lipinski definition) is 2. The van der Waals surface area contributed by atoms with Gasteiger partial charge in [0.25, 0.3) is 11.8 Å². The minimum absolute atomic E-state index is 0.0121. The first-order chi connectivity index (χ1) is 14.1. The first-order valence-electron chi connectivity index (χ1n) is 10.1. The second-order valence-electron chi connectivity index (χ2n) is 7.59. The van der Waals surface area contributed by atoms with Crippen molar-refractivity contribution in [2.75, 3.05) is 31.5 Å². The number of anilines is 1. The average Bonchev–Trinajstić information content (AvgIpc) is 2.78. The number of benzene rings is 3. The maximum Gasteiger partial charge on any atom is 0.282 e. The smallest absolute Gasteiger partial charge is 0.282 e. The Bertz CT molecular complexity index is 1010. The summed E-state index contributed by atoms with van der Waals surface area (Å²) in [6, 6.07) is 23.3. The molecule has 1 aliphatic heterocycles. The predicted molar refractivity (Wildman–Crippen MR) is 115 cm³/mol. The molecule has 1 heterocycles. The van der Waals surface area contributed by atoms with Crippen LogP contribution in [-0.4, -0.2) is 48.9 Å². The molecule has 0 radical (unpaired) electrons. The fourth-order valence-electron chi connectivity index (χ4n) is 3.90. The molecule has 1 saturated heterocycles. The van der Waals surface area contributed by atoms with E-state index in [0.29, 0.717) is 13.1 Å². The molecule has 1 fully saturated rings. The highest BCUT2D eigenvalue weighted by Crippen LogP contribution is 2.18. The van der Waals surface area contributed by atoms with Gasteiger partial charge in [0, 0.05) is 11.3 Å². The standard InChI is InChI=1S/C24H25N3O2/c1-18(23(28)25-22-12-11-19-7-5-6-10-21(19)17-22)26-13-15-27(16-14-26)24(29)20-8-3-2-4-9-20/h2-12,17-18H,13-16H2,1H3,(H,25,28)/p+1/t18-/m1/s1. The third-order valence-corrected chi connectivity index (χ3v) is 5.74. The predicted octanol–water partition coefficient (Wildman–Crippen LogP) is 2.21. The summed E-state index contributed by atoms with van der Waals surface area (Å²) in [6.07, 6.45) is 0. The zero-order valence-corrected chi connectivity index (χ0v) is 16.6. The highest BCUT2D eigenvalue weighted by Gasteiger charge is 2.31. The van der Waals surface area contributed by atoms with Crippen molar-refractivity contribution in [1.29, 1.82) is 0 Å². The van der Waals surface area contributed by atoms with E-state index in [2.05, 4.69) is 11.4 Å². The number of quaternary nitrogens is 1. The monoisotopic (exact) mass is 388 g/mol. The first-order valence-corrected chi connectivity index (χ1v) is 10.1. The van der Waals surface area contributed by atoms with Gasteiger partial charge in [-0.15, -0.1) is 0 Å². The van der Waals surface area contributed by atoms with Crippen LogP contribution in [0.5, 0.6) is 0 Å². The third kappa shape index (κ3) is 4.30. The van der Waals surface area contributed by atoms with E-state index in [1.165, 1.54) is 4.90 Å². The zero-order chi connectivity index (χ0) is 20.2. The second-order valence-corrected chi connectivity index (χ2v) is 7.59. The van der Waals surface area contributed by atoms with Gasteiger partial charge in [-0.05, 0) is 42.0 Å². The summed E-state index contributed by atoms with van der Waals surface area (Å²) in [5.41, 5.74) is 1.54. The Labute approximate surface area is 170 Å². The number of carbonyl (C=O) groups excluding carboxylic acids is 2. The van der Waals surface area contributed by atoms with Gasteiger partial charge in [0.15, 0.2) is 6.04 Å². The van der Waals surface area contributed by atoms with E-state index in [1.807, 2.05) is 78.6 Å². The lowest BCUT2D eigenvalue weighted by Crippen LogP contribution is -3.19. The van der Waals surface area contributed by atoms with E-state index in [9.17, 15) is 9.59 Å². The summed E-state index contributed by atoms with van der Waals surface area (Å²) in [4.78, 5) is 28.5. The van der Waals surface area contributed by atoms with Gasteiger partial charge in [-0.25, -0.2) is 0 Å². The molecule has 5 heteroatoms. The van der Waals surface area contributed by atoms with Gasteiger partial charge in [-0.1, -0.05) is 48.5 Å². The molecular weight excluding hydrogens is 362 g/mol. The van der Waals surface area contributed by atoms with Gasteiger partial charge in [-0.3, -0.25) is 9.59 Å². The Balaban J connectivity index is 1.34. The minimum atomic E-state index is -0.171. The SMILES string of the molecule is C[C@H](C(=O)Nc1ccc2ccccc2c1)[NH+]1CCN(C(=O)c2ccccc2)CC1. The molecular formula is C24H26N3O2+. The van der Waals surface area contributed by atoms with Gasteiger partial charge < -0.3 is 15.1 Å². The van der Waals surface area contributed by atoms with E-state index in [0.717, 1.165) is 35.1 Å². The Morgan fingerprint density at radius 2 is 1.55 bits per heavy atom. The van der Waals surface area contributed by atoms with Crippen molar-refractivity contribution in [2.24, 2.45) is 0 Å².